The van der Waals surface area contributed by atoms with Crippen molar-refractivity contribution < 1.29 is 23.1 Å². The Kier molecular flexibility index (Phi) is 4.72. The van der Waals surface area contributed by atoms with Gasteiger partial charge < -0.3 is 15.2 Å². The van der Waals surface area contributed by atoms with Crippen molar-refractivity contribution in [1.29, 1.82) is 0 Å². The zero-order chi connectivity index (χ0) is 21.9. The molecule has 8 heteroatoms. The van der Waals surface area contributed by atoms with E-state index in [1.165, 1.54) is 12.1 Å². The number of hydrogen-bond donors (Lipinski definition) is 2. The molecule has 160 valence electrons. The summed E-state index contributed by atoms with van der Waals surface area (Å²) in [4.78, 5) is 13.1. The van der Waals surface area contributed by atoms with Crippen LogP contribution in [-0.4, -0.2) is 41.6 Å². The number of ether oxygens (including phenoxy) is 1. The Hall–Kier alpha value is -2.42. The monoisotopic (exact) mass is 430 g/mol. The highest BCUT2D eigenvalue weighted by molar-refractivity contribution is 7.89. The second-order valence-corrected chi connectivity index (χ2v) is 10.8. The van der Waals surface area contributed by atoms with Gasteiger partial charge in [0.25, 0.3) is 0 Å². The van der Waals surface area contributed by atoms with E-state index < -0.39 is 39.4 Å². The number of benzene rings is 2. The van der Waals surface area contributed by atoms with E-state index in [-0.39, 0.29) is 11.3 Å². The van der Waals surface area contributed by atoms with Gasteiger partial charge in [-0.25, -0.2) is 8.42 Å². The van der Waals surface area contributed by atoms with Crippen molar-refractivity contribution in [1.82, 2.24) is 4.31 Å². The number of hydrogen-bond acceptors (Lipinski definition) is 6. The van der Waals surface area contributed by atoms with Gasteiger partial charge in [-0.2, -0.15) is 4.31 Å². The molecule has 2 aliphatic heterocycles. The first-order valence-electron chi connectivity index (χ1n) is 9.85. The van der Waals surface area contributed by atoms with Gasteiger partial charge in [0.15, 0.2) is 0 Å². The fraction of sp³-hybridized carbons (Fsp3) is 0.409. The molecule has 7 nitrogen and oxygen atoms in total. The minimum Gasteiger partial charge on any atom is -0.459 e. The van der Waals surface area contributed by atoms with E-state index >= 15 is 0 Å². The molecule has 3 atom stereocenters. The lowest BCUT2D eigenvalue weighted by Crippen LogP contribution is -2.50. The second-order valence-electron chi connectivity index (χ2n) is 8.92. The van der Waals surface area contributed by atoms with Crippen LogP contribution in [0.15, 0.2) is 53.4 Å². The van der Waals surface area contributed by atoms with Gasteiger partial charge in [-0.1, -0.05) is 35.9 Å². The van der Waals surface area contributed by atoms with Gasteiger partial charge in [-0.3, -0.25) is 4.79 Å². The molecule has 2 aromatic carbocycles. The van der Waals surface area contributed by atoms with E-state index in [0.29, 0.717) is 11.3 Å². The molecule has 2 aliphatic rings. The van der Waals surface area contributed by atoms with Crippen LogP contribution in [0.2, 0.25) is 0 Å². The molecule has 30 heavy (non-hydrogen) atoms. The van der Waals surface area contributed by atoms with E-state index in [4.69, 9.17) is 4.74 Å². The molecular formula is C22H26N2O5S. The number of sulfonamides is 1. The molecule has 0 amide bonds. The van der Waals surface area contributed by atoms with Crippen LogP contribution in [0.5, 0.6) is 0 Å². The van der Waals surface area contributed by atoms with E-state index in [1.807, 2.05) is 6.92 Å². The third-order valence-corrected chi connectivity index (χ3v) is 7.37. The summed E-state index contributed by atoms with van der Waals surface area (Å²) in [6.45, 7) is 7.04. The summed E-state index contributed by atoms with van der Waals surface area (Å²) in [5.74, 6) is -0.680. The molecule has 0 radical (unpaired) electrons. The Morgan fingerprint density at radius 2 is 1.80 bits per heavy atom. The van der Waals surface area contributed by atoms with Crippen molar-refractivity contribution in [2.24, 2.45) is 0 Å². The molecule has 2 N–H and O–H groups in total. The highest BCUT2D eigenvalue weighted by atomic mass is 32.2. The lowest BCUT2D eigenvalue weighted by molar-refractivity contribution is -0.159. The van der Waals surface area contributed by atoms with E-state index in [0.717, 1.165) is 9.87 Å². The van der Waals surface area contributed by atoms with E-state index in [2.05, 4.69) is 5.32 Å². The number of rotatable bonds is 3. The summed E-state index contributed by atoms with van der Waals surface area (Å²) in [5.41, 5.74) is -0.193. The topological polar surface area (TPSA) is 95.9 Å². The number of nitrogens with one attached hydrogen (secondary N) is 1. The molecule has 2 heterocycles. The predicted octanol–water partition coefficient (Wildman–Crippen LogP) is 2.74. The maximum Gasteiger partial charge on any atom is 0.325 e. The molecule has 2 aromatic rings. The van der Waals surface area contributed by atoms with Gasteiger partial charge >= 0.3 is 5.97 Å². The first kappa shape index (κ1) is 20.8. The number of para-hydroxylation sites is 1. The number of nitrogens with zero attached hydrogens (tertiary/aromatic N) is 1. The van der Waals surface area contributed by atoms with Gasteiger partial charge in [0.1, 0.15) is 23.4 Å². The zero-order valence-corrected chi connectivity index (χ0v) is 18.2. The van der Waals surface area contributed by atoms with Gasteiger partial charge in [0.2, 0.25) is 10.0 Å². The van der Waals surface area contributed by atoms with E-state index in [9.17, 15) is 18.3 Å². The maximum absolute atomic E-state index is 13.6. The van der Waals surface area contributed by atoms with Crippen molar-refractivity contribution in [3.8, 4) is 0 Å². The Balaban J connectivity index is 1.82. The summed E-state index contributed by atoms with van der Waals surface area (Å²) >= 11 is 0. The SMILES string of the molecule is Cc1ccc(S(=O)(=O)N2[C@H]3Nc4ccccc4[C@@]3(O)C[C@H]2C(=O)OC(C)(C)C)cc1. The quantitative estimate of drug-likeness (QED) is 0.727. The summed E-state index contributed by atoms with van der Waals surface area (Å²) < 4.78 is 33.8. The van der Waals surface area contributed by atoms with Crippen LogP contribution in [0, 0.1) is 6.92 Å². The first-order valence-corrected chi connectivity index (χ1v) is 11.3. The van der Waals surface area contributed by atoms with Crippen LogP contribution in [0.25, 0.3) is 0 Å². The van der Waals surface area contributed by atoms with Gasteiger partial charge in [-0.15, -0.1) is 0 Å². The molecule has 1 fully saturated rings. The largest absolute Gasteiger partial charge is 0.459 e. The number of aliphatic hydroxyl groups is 1. The minimum atomic E-state index is -4.11. The van der Waals surface area contributed by atoms with Crippen LogP contribution < -0.4 is 5.32 Å². The van der Waals surface area contributed by atoms with Gasteiger partial charge in [-0.05, 0) is 45.9 Å². The summed E-state index contributed by atoms with van der Waals surface area (Å²) in [5, 5.41) is 14.7. The van der Waals surface area contributed by atoms with Crippen LogP contribution in [0.1, 0.15) is 38.3 Å². The standard InChI is InChI=1S/C22H26N2O5S/c1-14-9-11-15(12-10-14)30(27,28)24-18(19(25)29-21(2,3)4)13-22(26)16-7-5-6-8-17(16)23-20(22)24/h5-12,18,20,23,26H,13H2,1-4H3/t18-,20+,22-/m0/s1. The van der Waals surface area contributed by atoms with Gasteiger partial charge in [0.05, 0.1) is 4.90 Å². The molecule has 0 saturated carbocycles. The van der Waals surface area contributed by atoms with Crippen molar-refractivity contribution in [2.45, 2.75) is 62.4 Å². The lowest BCUT2D eigenvalue weighted by Gasteiger charge is -2.30. The van der Waals surface area contributed by atoms with Crippen LogP contribution >= 0.6 is 0 Å². The number of esters is 1. The average molecular weight is 431 g/mol. The molecule has 1 saturated heterocycles. The molecule has 0 bridgehead atoms. The Labute approximate surface area is 176 Å². The predicted molar refractivity (Wildman–Crippen MR) is 112 cm³/mol. The van der Waals surface area contributed by atoms with Crippen molar-refractivity contribution in [3.05, 3.63) is 59.7 Å². The number of aryl methyl sites for hydroxylation is 1. The molecule has 0 unspecified atom stereocenters. The third-order valence-electron chi connectivity index (χ3n) is 5.48. The first-order chi connectivity index (χ1) is 13.9. The maximum atomic E-state index is 13.6. The van der Waals surface area contributed by atoms with Crippen molar-refractivity contribution >= 4 is 21.7 Å². The summed E-state index contributed by atoms with van der Waals surface area (Å²) in [6, 6.07) is 12.4. The van der Waals surface area contributed by atoms with Crippen LogP contribution in [0.3, 0.4) is 0 Å². The number of carbonyl (C=O) groups is 1. The summed E-state index contributed by atoms with van der Waals surface area (Å²) in [6.07, 6.45) is -1.11. The average Bonchev–Trinajstić information content (AvgIpc) is 3.10. The van der Waals surface area contributed by atoms with E-state index in [1.54, 1.807) is 57.2 Å². The van der Waals surface area contributed by atoms with Gasteiger partial charge in [0, 0.05) is 17.7 Å². The third kappa shape index (κ3) is 3.29. The van der Waals surface area contributed by atoms with Crippen molar-refractivity contribution in [3.63, 3.8) is 0 Å². The van der Waals surface area contributed by atoms with Crippen LogP contribution in [-0.2, 0) is 25.2 Å². The van der Waals surface area contributed by atoms with Crippen LogP contribution in [0.4, 0.5) is 5.69 Å². The normalized spacial score (nSPS) is 26.0. The molecular weight excluding hydrogens is 404 g/mol. The summed E-state index contributed by atoms with van der Waals surface area (Å²) in [7, 11) is -4.11. The fourth-order valence-corrected chi connectivity index (χ4v) is 5.88. The minimum absolute atomic E-state index is 0.0589. The molecule has 0 spiro atoms. The Bertz CT molecular complexity index is 1090. The number of carbonyl (C=O) groups excluding carboxylic acids is 1. The highest BCUT2D eigenvalue weighted by Gasteiger charge is 2.63. The highest BCUT2D eigenvalue weighted by Crippen LogP contribution is 2.51. The Morgan fingerprint density at radius 3 is 2.43 bits per heavy atom. The van der Waals surface area contributed by atoms with Crippen molar-refractivity contribution in [2.75, 3.05) is 5.32 Å². The molecule has 0 aliphatic carbocycles. The Morgan fingerprint density at radius 1 is 1.17 bits per heavy atom. The zero-order valence-electron chi connectivity index (χ0n) is 17.4. The molecule has 4 rings (SSSR count). The number of anilines is 1. The smallest absolute Gasteiger partial charge is 0.325 e. The lowest BCUT2D eigenvalue weighted by atomic mass is 9.91. The molecule has 0 aromatic heterocycles. The fourth-order valence-electron chi connectivity index (χ4n) is 4.16. The number of fused-ring (bicyclic) bond motifs is 3. The second kappa shape index (κ2) is 6.80.